The highest BCUT2D eigenvalue weighted by atomic mass is 35.5. The number of hydrogen-bond donors (Lipinski definition) is 1. The number of carbonyl (C=O) groups is 1. The summed E-state index contributed by atoms with van der Waals surface area (Å²) in [5.41, 5.74) is -0.0129. The first-order valence-corrected chi connectivity index (χ1v) is 11.7. The quantitative estimate of drug-likeness (QED) is 0.204. The minimum Gasteiger partial charge on any atom is -0.481 e. The highest BCUT2D eigenvalue weighted by Gasteiger charge is 2.21. The van der Waals surface area contributed by atoms with Crippen LogP contribution in [0.1, 0.15) is 25.8 Å². The molecule has 13 heteroatoms. The second-order valence-electron chi connectivity index (χ2n) is 6.68. The van der Waals surface area contributed by atoms with Crippen LogP contribution in [-0.4, -0.2) is 31.3 Å². The zero-order chi connectivity index (χ0) is 24.1. The van der Waals surface area contributed by atoms with Crippen molar-refractivity contribution in [3.05, 3.63) is 67.4 Å². The second kappa shape index (κ2) is 11.1. The van der Waals surface area contributed by atoms with Crippen LogP contribution in [0.15, 0.2) is 41.6 Å². The van der Waals surface area contributed by atoms with Crippen molar-refractivity contribution >= 4 is 63.8 Å². The largest absolute Gasteiger partial charge is 0.481 e. The summed E-state index contributed by atoms with van der Waals surface area (Å²) in [6, 6.07) is 8.98. The third kappa shape index (κ3) is 6.29. The summed E-state index contributed by atoms with van der Waals surface area (Å²) in [6.07, 6.45) is -0.480. The molecule has 0 spiro atoms. The average Bonchev–Trinajstić information content (AvgIpc) is 3.19. The molecule has 1 heterocycles. The number of nitrogens with zero attached hydrogens (tertiary/aromatic N) is 4. The molecule has 33 heavy (non-hydrogen) atoms. The van der Waals surface area contributed by atoms with Gasteiger partial charge in [-0.3, -0.25) is 14.9 Å². The van der Waals surface area contributed by atoms with Gasteiger partial charge in [0.15, 0.2) is 17.1 Å². The van der Waals surface area contributed by atoms with Crippen molar-refractivity contribution in [1.29, 1.82) is 0 Å². The summed E-state index contributed by atoms with van der Waals surface area (Å²) in [5.74, 6) is 0.640. The van der Waals surface area contributed by atoms with Crippen LogP contribution in [0.5, 0.6) is 5.75 Å². The van der Waals surface area contributed by atoms with E-state index < -0.39 is 11.0 Å². The van der Waals surface area contributed by atoms with Crippen molar-refractivity contribution in [1.82, 2.24) is 14.8 Å². The standard InChI is InChI=1S/C20H18Cl3N5O4S/c1-3-27-19(11(2)32-17-8-12(21)4-6-15(17)23)25-26-20(27)33-10-18(29)24-13-5-7-14(22)16(9-13)28(30)31/h4-9,11H,3,10H2,1-2H3,(H,24,29). The number of anilines is 1. The maximum Gasteiger partial charge on any atom is 0.289 e. The summed E-state index contributed by atoms with van der Waals surface area (Å²) in [6.45, 7) is 4.28. The summed E-state index contributed by atoms with van der Waals surface area (Å²) in [7, 11) is 0. The number of ether oxygens (including phenoxy) is 1. The Labute approximate surface area is 208 Å². The van der Waals surface area contributed by atoms with E-state index in [0.717, 1.165) is 0 Å². The predicted octanol–water partition coefficient (Wildman–Crippen LogP) is 6.04. The number of nitrogens with one attached hydrogen (secondary N) is 1. The Kier molecular flexibility index (Phi) is 8.41. The van der Waals surface area contributed by atoms with Gasteiger partial charge in [0, 0.05) is 29.4 Å². The molecule has 9 nitrogen and oxygen atoms in total. The topological polar surface area (TPSA) is 112 Å². The zero-order valence-corrected chi connectivity index (χ0v) is 20.5. The smallest absolute Gasteiger partial charge is 0.289 e. The zero-order valence-electron chi connectivity index (χ0n) is 17.4. The van der Waals surface area contributed by atoms with E-state index in [-0.39, 0.29) is 28.1 Å². The monoisotopic (exact) mass is 529 g/mol. The molecule has 0 saturated carbocycles. The molecule has 0 fully saturated rings. The lowest BCUT2D eigenvalue weighted by atomic mass is 10.3. The molecule has 0 saturated heterocycles. The normalized spacial score (nSPS) is 11.8. The van der Waals surface area contributed by atoms with Gasteiger partial charge in [-0.1, -0.05) is 46.6 Å². The van der Waals surface area contributed by atoms with E-state index in [9.17, 15) is 14.9 Å². The van der Waals surface area contributed by atoms with Gasteiger partial charge in [0.25, 0.3) is 5.69 Å². The molecule has 0 aliphatic carbocycles. The van der Waals surface area contributed by atoms with Gasteiger partial charge in [0.1, 0.15) is 10.8 Å². The minimum atomic E-state index is -0.613. The van der Waals surface area contributed by atoms with Gasteiger partial charge in [-0.2, -0.15) is 0 Å². The molecular formula is C20H18Cl3N5O4S. The molecule has 1 N–H and O–H groups in total. The number of nitro groups is 1. The number of amides is 1. The molecule has 0 bridgehead atoms. The Morgan fingerprint density at radius 1 is 1.21 bits per heavy atom. The van der Waals surface area contributed by atoms with Crippen LogP contribution < -0.4 is 10.1 Å². The van der Waals surface area contributed by atoms with E-state index in [1.165, 1.54) is 30.0 Å². The van der Waals surface area contributed by atoms with Crippen LogP contribution in [0.2, 0.25) is 15.1 Å². The third-order valence-electron chi connectivity index (χ3n) is 4.38. The van der Waals surface area contributed by atoms with Crippen molar-refractivity contribution < 1.29 is 14.5 Å². The average molecular weight is 531 g/mol. The molecule has 1 unspecified atom stereocenters. The van der Waals surface area contributed by atoms with Crippen molar-refractivity contribution in [2.75, 3.05) is 11.1 Å². The lowest BCUT2D eigenvalue weighted by molar-refractivity contribution is -0.384. The van der Waals surface area contributed by atoms with E-state index in [1.54, 1.807) is 18.2 Å². The van der Waals surface area contributed by atoms with E-state index in [4.69, 9.17) is 39.5 Å². The number of carbonyl (C=O) groups excluding carboxylic acids is 1. The van der Waals surface area contributed by atoms with E-state index in [0.29, 0.717) is 33.3 Å². The highest BCUT2D eigenvalue weighted by Crippen LogP contribution is 2.32. The lowest BCUT2D eigenvalue weighted by Gasteiger charge is -2.16. The first kappa shape index (κ1) is 25.1. The fourth-order valence-corrected chi connectivity index (χ4v) is 4.19. The summed E-state index contributed by atoms with van der Waals surface area (Å²) < 4.78 is 7.75. The molecule has 1 atom stereocenters. The number of nitro benzene ring substituents is 1. The number of thioether (sulfide) groups is 1. The highest BCUT2D eigenvalue weighted by molar-refractivity contribution is 7.99. The van der Waals surface area contributed by atoms with Gasteiger partial charge in [-0.05, 0) is 38.1 Å². The lowest BCUT2D eigenvalue weighted by Crippen LogP contribution is -2.15. The van der Waals surface area contributed by atoms with Crippen LogP contribution in [0.3, 0.4) is 0 Å². The molecule has 2 aromatic carbocycles. The predicted molar refractivity (Wildman–Crippen MR) is 129 cm³/mol. The number of halogens is 3. The molecular weight excluding hydrogens is 513 g/mol. The van der Waals surface area contributed by atoms with Gasteiger partial charge < -0.3 is 14.6 Å². The fraction of sp³-hybridized carbons (Fsp3) is 0.250. The number of hydrogen-bond acceptors (Lipinski definition) is 7. The Morgan fingerprint density at radius 3 is 2.64 bits per heavy atom. The maximum atomic E-state index is 12.4. The number of aromatic nitrogens is 3. The van der Waals surface area contributed by atoms with Crippen molar-refractivity contribution in [3.8, 4) is 5.75 Å². The van der Waals surface area contributed by atoms with Crippen LogP contribution in [-0.2, 0) is 11.3 Å². The summed E-state index contributed by atoms with van der Waals surface area (Å²) >= 11 is 19.2. The fourth-order valence-electron chi connectivity index (χ4n) is 2.87. The summed E-state index contributed by atoms with van der Waals surface area (Å²) in [4.78, 5) is 22.8. The van der Waals surface area contributed by atoms with Crippen molar-refractivity contribution in [3.63, 3.8) is 0 Å². The van der Waals surface area contributed by atoms with Gasteiger partial charge in [-0.15, -0.1) is 10.2 Å². The first-order chi connectivity index (χ1) is 15.7. The molecule has 1 aromatic heterocycles. The molecule has 174 valence electrons. The number of benzene rings is 2. The number of rotatable bonds is 9. The van der Waals surface area contributed by atoms with Gasteiger partial charge in [0.2, 0.25) is 5.91 Å². The molecule has 0 radical (unpaired) electrons. The van der Waals surface area contributed by atoms with Gasteiger partial charge in [-0.25, -0.2) is 0 Å². The van der Waals surface area contributed by atoms with E-state index in [2.05, 4.69) is 15.5 Å². The van der Waals surface area contributed by atoms with E-state index >= 15 is 0 Å². The second-order valence-corrected chi connectivity index (χ2v) is 8.87. The van der Waals surface area contributed by atoms with Crippen LogP contribution in [0, 0.1) is 10.1 Å². The van der Waals surface area contributed by atoms with Crippen LogP contribution >= 0.6 is 46.6 Å². The SMILES string of the molecule is CCn1c(SCC(=O)Nc2ccc(Cl)c([N+](=O)[O-])c2)nnc1C(C)Oc1cc(Cl)ccc1Cl. The maximum absolute atomic E-state index is 12.4. The Bertz CT molecular complexity index is 1190. The Morgan fingerprint density at radius 2 is 1.94 bits per heavy atom. The van der Waals surface area contributed by atoms with Crippen molar-refractivity contribution in [2.45, 2.75) is 31.7 Å². The van der Waals surface area contributed by atoms with Crippen LogP contribution in [0.25, 0.3) is 0 Å². The van der Waals surface area contributed by atoms with Gasteiger partial charge in [0.05, 0.1) is 15.7 Å². The van der Waals surface area contributed by atoms with E-state index in [1.807, 2.05) is 18.4 Å². The van der Waals surface area contributed by atoms with Crippen molar-refractivity contribution in [2.24, 2.45) is 0 Å². The Balaban J connectivity index is 1.66. The third-order valence-corrected chi connectivity index (χ3v) is 6.21. The Hall–Kier alpha value is -2.53. The van der Waals surface area contributed by atoms with Gasteiger partial charge >= 0.3 is 0 Å². The minimum absolute atomic E-state index is 0.00801. The van der Waals surface area contributed by atoms with Crippen LogP contribution in [0.4, 0.5) is 11.4 Å². The molecule has 3 aromatic rings. The summed E-state index contributed by atoms with van der Waals surface area (Å²) in [5, 5.41) is 23.4. The molecule has 1 amide bonds. The molecule has 0 aliphatic heterocycles. The molecule has 0 aliphatic rings. The first-order valence-electron chi connectivity index (χ1n) is 9.61. The molecule has 3 rings (SSSR count).